The summed E-state index contributed by atoms with van der Waals surface area (Å²) in [5.74, 6) is 10.9. The Kier molecular flexibility index (Phi) is 9.32. The number of thiazole rings is 1. The molecular weight excluding hydrogens is 494 g/mol. The Balaban J connectivity index is 2.08. The summed E-state index contributed by atoms with van der Waals surface area (Å²) in [5, 5.41) is 23.7. The van der Waals surface area contributed by atoms with Crippen LogP contribution in [0.5, 0.6) is 0 Å². The molecule has 0 aliphatic heterocycles. The lowest BCUT2D eigenvalue weighted by Crippen LogP contribution is -2.40. The fourth-order valence-electron chi connectivity index (χ4n) is 2.32. The van der Waals surface area contributed by atoms with E-state index in [0.29, 0.717) is 22.1 Å². The van der Waals surface area contributed by atoms with Gasteiger partial charge in [0.15, 0.2) is 6.17 Å². The van der Waals surface area contributed by atoms with Crippen LogP contribution in [0.4, 0.5) is 4.79 Å². The number of nitrogens with one attached hydrogen (secondary N) is 3. The monoisotopic (exact) mass is 513 g/mol. The van der Waals surface area contributed by atoms with Gasteiger partial charge in [0.05, 0.1) is 30.2 Å². The second kappa shape index (κ2) is 11.9. The molecule has 0 bridgehead atoms. The lowest BCUT2D eigenvalue weighted by molar-refractivity contribution is 0.0875. The molecule has 0 aliphatic carbocycles. The Labute approximate surface area is 188 Å². The summed E-state index contributed by atoms with van der Waals surface area (Å²) in [6.07, 6.45) is -1.61. The smallest absolute Gasteiger partial charge is 0.425 e. The maximum absolute atomic E-state index is 12.1. The third kappa shape index (κ3) is 6.71. The molecule has 0 radical (unpaired) electrons. The number of halogens is 1. The van der Waals surface area contributed by atoms with Crippen LogP contribution in [0, 0.1) is 5.41 Å². The van der Waals surface area contributed by atoms with Gasteiger partial charge in [-0.15, -0.1) is 16.5 Å². The minimum atomic E-state index is -1.00. The third-order valence-electron chi connectivity index (χ3n) is 3.70. The second-order valence-electron chi connectivity index (χ2n) is 5.74. The van der Waals surface area contributed by atoms with Crippen LogP contribution in [0.2, 0.25) is 0 Å². The Morgan fingerprint density at radius 1 is 1.61 bits per heavy atom. The van der Waals surface area contributed by atoms with Gasteiger partial charge in [-0.25, -0.2) is 20.6 Å². The van der Waals surface area contributed by atoms with Gasteiger partial charge in [-0.1, -0.05) is 10.3 Å². The molecule has 2 aromatic rings. The molecule has 0 spiro atoms. The van der Waals surface area contributed by atoms with E-state index >= 15 is 0 Å². The highest BCUT2D eigenvalue weighted by Crippen LogP contribution is 2.31. The van der Waals surface area contributed by atoms with Gasteiger partial charge in [0.2, 0.25) is 0 Å². The van der Waals surface area contributed by atoms with Gasteiger partial charge in [-0.05, 0) is 27.5 Å². The van der Waals surface area contributed by atoms with Crippen LogP contribution in [0.1, 0.15) is 16.9 Å². The molecule has 0 aromatic carbocycles. The van der Waals surface area contributed by atoms with Gasteiger partial charge in [0.1, 0.15) is 11.1 Å². The summed E-state index contributed by atoms with van der Waals surface area (Å²) >= 11 is 4.74. The van der Waals surface area contributed by atoms with Crippen molar-refractivity contribution < 1.29 is 9.53 Å². The zero-order chi connectivity index (χ0) is 22.8. The molecule has 2 aromatic heterocycles. The molecule has 31 heavy (non-hydrogen) atoms. The van der Waals surface area contributed by atoms with Gasteiger partial charge in [-0.3, -0.25) is 5.32 Å². The first-order valence-corrected chi connectivity index (χ1v) is 10.2. The lowest BCUT2D eigenvalue weighted by atomic mass is 10.3. The summed E-state index contributed by atoms with van der Waals surface area (Å²) in [5.41, 5.74) is 15.8. The zero-order valence-corrected chi connectivity index (χ0v) is 18.4. The van der Waals surface area contributed by atoms with Crippen LogP contribution in [0.3, 0.4) is 0 Å². The van der Waals surface area contributed by atoms with Crippen LogP contribution in [0.25, 0.3) is 21.8 Å². The molecule has 15 nitrogen and oxygen atoms in total. The second-order valence-corrected chi connectivity index (χ2v) is 7.54. The van der Waals surface area contributed by atoms with E-state index in [1.807, 2.05) is 6.07 Å². The number of nitrogens with two attached hydrogens (primary N) is 3. The standard InChI is InChI=1S/C14H20BrN13O2S/c15-8-1-9(24-12(8)13(21-6-17)25-27-19)10-5-31-11(23-10)4-28(20)14(29)30-7(2-16)3-22-26-18/h1-2,5,7,13,16,21,24H,3-4,6,17,20H2,(H2,19,25). The van der Waals surface area contributed by atoms with E-state index in [1.54, 1.807) is 5.38 Å². The summed E-state index contributed by atoms with van der Waals surface area (Å²) < 4.78 is 5.71. The van der Waals surface area contributed by atoms with Crippen LogP contribution >= 0.6 is 27.3 Å². The molecule has 2 rings (SSSR count). The van der Waals surface area contributed by atoms with Crippen molar-refractivity contribution in [2.45, 2.75) is 18.8 Å². The third-order valence-corrected chi connectivity index (χ3v) is 5.18. The molecular formula is C14H20BrN13O2S. The SMILES string of the molecule is [N-]=[N+]=NCC(C=N)OC(=O)N(N)Cc1nc(-c2cc(Br)c(C(N=NN)NCN)[nH]2)cs1. The number of aromatic amines is 1. The van der Waals surface area contributed by atoms with E-state index in [0.717, 1.165) is 15.7 Å². The van der Waals surface area contributed by atoms with E-state index in [4.69, 9.17) is 33.1 Å². The Hall–Kier alpha value is -3.08. The van der Waals surface area contributed by atoms with Gasteiger partial charge in [0.25, 0.3) is 0 Å². The molecule has 2 atom stereocenters. The van der Waals surface area contributed by atoms with E-state index in [1.165, 1.54) is 11.3 Å². The average Bonchev–Trinajstić information content (AvgIpc) is 3.37. The van der Waals surface area contributed by atoms with Crippen LogP contribution in [0.15, 0.2) is 31.4 Å². The fourth-order valence-corrected chi connectivity index (χ4v) is 3.65. The normalized spacial score (nSPS) is 12.9. The van der Waals surface area contributed by atoms with Crippen LogP contribution in [-0.4, -0.2) is 46.6 Å². The van der Waals surface area contributed by atoms with Gasteiger partial charge < -0.3 is 26.7 Å². The number of ether oxygens (including phenoxy) is 1. The highest BCUT2D eigenvalue weighted by molar-refractivity contribution is 9.10. The minimum absolute atomic E-state index is 0.0246. The number of amides is 1. The maximum Gasteiger partial charge on any atom is 0.425 e. The van der Waals surface area contributed by atoms with Crippen molar-refractivity contribution in [1.82, 2.24) is 20.3 Å². The van der Waals surface area contributed by atoms with Crippen LogP contribution in [-0.2, 0) is 11.3 Å². The molecule has 2 unspecified atom stereocenters. The summed E-state index contributed by atoms with van der Waals surface area (Å²) in [6, 6.07) is 1.81. The minimum Gasteiger partial charge on any atom is -0.439 e. The molecule has 1 amide bonds. The quantitative estimate of drug-likeness (QED) is 0.0379. The number of rotatable bonds is 11. The van der Waals surface area contributed by atoms with Crippen molar-refractivity contribution in [1.29, 1.82) is 5.41 Å². The summed E-state index contributed by atoms with van der Waals surface area (Å²) in [7, 11) is 0. The number of hydrogen-bond donors (Lipinski definition) is 6. The number of hydrazine groups is 1. The van der Waals surface area contributed by atoms with E-state index < -0.39 is 18.4 Å². The van der Waals surface area contributed by atoms with E-state index in [9.17, 15) is 4.79 Å². The summed E-state index contributed by atoms with van der Waals surface area (Å²) in [6.45, 7) is -0.0621. The van der Waals surface area contributed by atoms with E-state index in [2.05, 4.69) is 51.6 Å². The van der Waals surface area contributed by atoms with Crippen molar-refractivity contribution in [3.8, 4) is 11.4 Å². The first-order chi connectivity index (χ1) is 14.9. The predicted molar refractivity (Wildman–Crippen MR) is 116 cm³/mol. The Bertz CT molecular complexity index is 969. The molecule has 166 valence electrons. The van der Waals surface area contributed by atoms with Crippen LogP contribution < -0.4 is 22.7 Å². The van der Waals surface area contributed by atoms with Crippen molar-refractivity contribution >= 4 is 39.6 Å². The largest absolute Gasteiger partial charge is 0.439 e. The first-order valence-electron chi connectivity index (χ1n) is 8.54. The highest BCUT2D eigenvalue weighted by atomic mass is 79.9. The van der Waals surface area contributed by atoms with Gasteiger partial charge in [0, 0.05) is 27.6 Å². The first kappa shape index (κ1) is 24.2. The molecule has 17 heteroatoms. The number of carbonyl (C=O) groups is 1. The Morgan fingerprint density at radius 3 is 3.03 bits per heavy atom. The number of H-pyrrole nitrogens is 1. The molecule has 0 fully saturated rings. The topological polar surface area (TPSA) is 246 Å². The van der Waals surface area contributed by atoms with Gasteiger partial charge >= 0.3 is 6.09 Å². The molecule has 0 saturated carbocycles. The fraction of sp³-hybridized carbons (Fsp3) is 0.357. The number of azide groups is 1. The Morgan fingerprint density at radius 2 is 2.39 bits per heavy atom. The number of carbonyl (C=O) groups excluding carboxylic acids is 1. The molecule has 9 N–H and O–H groups in total. The number of hydrogen-bond acceptors (Lipinski definition) is 11. The van der Waals surface area contributed by atoms with Crippen molar-refractivity contribution in [3.63, 3.8) is 0 Å². The lowest BCUT2D eigenvalue weighted by Gasteiger charge is -2.17. The molecule has 0 saturated heterocycles. The van der Waals surface area contributed by atoms with Gasteiger partial charge in [-0.2, -0.15) is 0 Å². The highest BCUT2D eigenvalue weighted by Gasteiger charge is 2.20. The molecule has 2 heterocycles. The number of nitrogens with zero attached hydrogens (tertiary/aromatic N) is 7. The predicted octanol–water partition coefficient (Wildman–Crippen LogP) is 1.87. The maximum atomic E-state index is 12.1. The summed E-state index contributed by atoms with van der Waals surface area (Å²) in [4.78, 5) is 22.3. The van der Waals surface area contributed by atoms with Crippen molar-refractivity contribution in [2.24, 2.45) is 32.9 Å². The molecule has 0 aliphatic rings. The zero-order valence-electron chi connectivity index (χ0n) is 16.0. The van der Waals surface area contributed by atoms with Crippen molar-refractivity contribution in [2.75, 3.05) is 13.2 Å². The average molecular weight is 514 g/mol. The van der Waals surface area contributed by atoms with Crippen molar-refractivity contribution in [3.05, 3.63) is 37.1 Å². The van der Waals surface area contributed by atoms with E-state index in [-0.39, 0.29) is 19.8 Å². The number of aromatic nitrogens is 2.